The SMILES string of the molecule is CN(C)CCNC(=O)c1cc(-c2cnc(NCc3ccccc3)nc2)cn1C.O=C(O)C(F)(F)F.O=C(O)C(F)(F)F. The fourth-order valence-electron chi connectivity index (χ4n) is 2.78. The number of rotatable bonds is 8. The molecule has 0 aliphatic carbocycles. The minimum absolute atomic E-state index is 0.0855. The van der Waals surface area contributed by atoms with E-state index in [9.17, 15) is 31.1 Å². The Balaban J connectivity index is 0.000000522. The fourth-order valence-corrected chi connectivity index (χ4v) is 2.78. The predicted molar refractivity (Wildman–Crippen MR) is 138 cm³/mol. The van der Waals surface area contributed by atoms with Gasteiger partial charge in [-0.25, -0.2) is 19.6 Å². The molecule has 0 saturated heterocycles. The van der Waals surface area contributed by atoms with Gasteiger partial charge in [0.05, 0.1) is 0 Å². The highest BCUT2D eigenvalue weighted by molar-refractivity contribution is 5.94. The van der Waals surface area contributed by atoms with Crippen molar-refractivity contribution in [2.24, 2.45) is 7.05 Å². The summed E-state index contributed by atoms with van der Waals surface area (Å²) < 4.78 is 65.3. The number of anilines is 1. The Hall–Kier alpha value is -4.67. The number of alkyl halides is 6. The first kappa shape index (κ1) is 35.4. The van der Waals surface area contributed by atoms with Gasteiger partial charge in [-0.3, -0.25) is 4.79 Å². The zero-order chi connectivity index (χ0) is 32.1. The quantitative estimate of drug-likeness (QED) is 0.282. The summed E-state index contributed by atoms with van der Waals surface area (Å²) in [5.41, 5.74) is 3.56. The smallest absolute Gasteiger partial charge is 0.475 e. The molecular formula is C25H28F6N6O5. The molecule has 0 fully saturated rings. The van der Waals surface area contributed by atoms with Crippen molar-refractivity contribution in [2.75, 3.05) is 32.5 Å². The number of carbonyl (C=O) groups excluding carboxylic acids is 1. The zero-order valence-corrected chi connectivity index (χ0v) is 22.5. The molecule has 2 heterocycles. The zero-order valence-electron chi connectivity index (χ0n) is 22.5. The van der Waals surface area contributed by atoms with Gasteiger partial charge >= 0.3 is 24.3 Å². The largest absolute Gasteiger partial charge is 0.490 e. The minimum atomic E-state index is -5.08. The van der Waals surface area contributed by atoms with Crippen molar-refractivity contribution in [1.29, 1.82) is 0 Å². The first-order chi connectivity index (χ1) is 19.4. The number of likely N-dealkylation sites (N-methyl/N-ethyl adjacent to an activating group) is 1. The van der Waals surface area contributed by atoms with Gasteiger partial charge in [0, 0.05) is 56.4 Å². The second kappa shape index (κ2) is 15.9. The standard InChI is InChI=1S/C21H26N6O.2C2HF3O2/c1-26(2)10-9-22-20(28)19-11-17(15-27(19)3)18-13-24-21(25-14-18)23-12-16-7-5-4-6-8-16;2*3-2(4,5)1(6)7/h4-8,11,13-15H,9-10,12H2,1-3H3,(H,22,28)(H,23,24,25);2*(H,6,7). The van der Waals surface area contributed by atoms with Crippen molar-refractivity contribution in [2.45, 2.75) is 18.9 Å². The molecule has 230 valence electrons. The Kier molecular flexibility index (Phi) is 13.4. The number of benzene rings is 1. The summed E-state index contributed by atoms with van der Waals surface area (Å²) in [6, 6.07) is 12.0. The van der Waals surface area contributed by atoms with Gasteiger partial charge in [0.1, 0.15) is 5.69 Å². The van der Waals surface area contributed by atoms with Crippen LogP contribution in [-0.2, 0) is 23.2 Å². The van der Waals surface area contributed by atoms with Gasteiger partial charge in [-0.05, 0) is 25.7 Å². The number of carbonyl (C=O) groups is 3. The van der Waals surface area contributed by atoms with Crippen molar-refractivity contribution in [3.63, 3.8) is 0 Å². The van der Waals surface area contributed by atoms with E-state index in [1.165, 1.54) is 5.56 Å². The molecule has 0 spiro atoms. The molecule has 0 aliphatic rings. The normalized spacial score (nSPS) is 11.0. The summed E-state index contributed by atoms with van der Waals surface area (Å²) in [4.78, 5) is 41.0. The number of hydrogen-bond acceptors (Lipinski definition) is 7. The number of aliphatic carboxylic acids is 2. The number of halogens is 6. The van der Waals surface area contributed by atoms with Crippen LogP contribution in [0.3, 0.4) is 0 Å². The van der Waals surface area contributed by atoms with Gasteiger partial charge in [0.2, 0.25) is 5.95 Å². The van der Waals surface area contributed by atoms with Crippen LogP contribution in [0, 0.1) is 0 Å². The maximum absolute atomic E-state index is 12.4. The van der Waals surface area contributed by atoms with Crippen LogP contribution in [0.1, 0.15) is 16.1 Å². The van der Waals surface area contributed by atoms with Crippen LogP contribution in [0.2, 0.25) is 0 Å². The van der Waals surface area contributed by atoms with Gasteiger partial charge in [0.25, 0.3) is 5.91 Å². The average molecular weight is 607 g/mol. The molecule has 0 bridgehead atoms. The number of aryl methyl sites for hydroxylation is 1. The topological polar surface area (TPSA) is 150 Å². The first-order valence-electron chi connectivity index (χ1n) is 11.7. The van der Waals surface area contributed by atoms with Gasteiger partial charge in [-0.1, -0.05) is 30.3 Å². The minimum Gasteiger partial charge on any atom is -0.475 e. The van der Waals surface area contributed by atoms with Crippen LogP contribution >= 0.6 is 0 Å². The Morgan fingerprint density at radius 2 is 1.40 bits per heavy atom. The Bertz CT molecular complexity index is 1270. The Morgan fingerprint density at radius 1 is 0.905 bits per heavy atom. The molecule has 3 rings (SSSR count). The summed E-state index contributed by atoms with van der Waals surface area (Å²) in [7, 11) is 5.82. The molecule has 42 heavy (non-hydrogen) atoms. The number of amides is 1. The lowest BCUT2D eigenvalue weighted by Crippen LogP contribution is -2.32. The number of carboxylic acid groups (broad SMARTS) is 2. The van der Waals surface area contributed by atoms with Crippen molar-refractivity contribution in [1.82, 2.24) is 24.8 Å². The van der Waals surface area contributed by atoms with Gasteiger partial charge < -0.3 is 30.3 Å². The fraction of sp³-hybridized carbons (Fsp3) is 0.320. The van der Waals surface area contributed by atoms with Gasteiger partial charge in [-0.2, -0.15) is 26.3 Å². The van der Waals surface area contributed by atoms with Crippen LogP contribution in [0.4, 0.5) is 32.3 Å². The van der Waals surface area contributed by atoms with E-state index < -0.39 is 24.3 Å². The summed E-state index contributed by atoms with van der Waals surface area (Å²) in [6.07, 6.45) is -4.72. The van der Waals surface area contributed by atoms with Crippen LogP contribution < -0.4 is 10.6 Å². The van der Waals surface area contributed by atoms with Crippen LogP contribution in [0.15, 0.2) is 55.0 Å². The average Bonchev–Trinajstić information content (AvgIpc) is 3.29. The highest BCUT2D eigenvalue weighted by Crippen LogP contribution is 2.21. The Morgan fingerprint density at radius 3 is 1.86 bits per heavy atom. The van der Waals surface area contributed by atoms with Crippen LogP contribution in [0.25, 0.3) is 11.1 Å². The number of aromatic nitrogens is 3. The molecule has 1 aromatic carbocycles. The van der Waals surface area contributed by atoms with Crippen molar-refractivity contribution < 1.29 is 50.9 Å². The molecule has 0 radical (unpaired) electrons. The lowest BCUT2D eigenvalue weighted by Gasteiger charge is -2.10. The predicted octanol–water partition coefficient (Wildman–Crippen LogP) is 3.65. The number of nitrogens with one attached hydrogen (secondary N) is 2. The second-order valence-corrected chi connectivity index (χ2v) is 8.52. The summed E-state index contributed by atoms with van der Waals surface area (Å²) in [5.74, 6) is -5.03. The highest BCUT2D eigenvalue weighted by atomic mass is 19.4. The maximum Gasteiger partial charge on any atom is 0.490 e. The van der Waals surface area contributed by atoms with E-state index >= 15 is 0 Å². The number of carboxylic acids is 2. The molecule has 4 N–H and O–H groups in total. The van der Waals surface area contributed by atoms with Gasteiger partial charge in [-0.15, -0.1) is 0 Å². The number of hydrogen-bond donors (Lipinski definition) is 4. The first-order valence-corrected chi connectivity index (χ1v) is 11.7. The molecule has 0 saturated carbocycles. The maximum atomic E-state index is 12.4. The van der Waals surface area contributed by atoms with Crippen molar-refractivity contribution in [3.05, 3.63) is 66.2 Å². The van der Waals surface area contributed by atoms with Crippen LogP contribution in [-0.4, -0.2) is 87.0 Å². The lowest BCUT2D eigenvalue weighted by molar-refractivity contribution is -0.193. The molecular weight excluding hydrogens is 578 g/mol. The third-order valence-corrected chi connectivity index (χ3v) is 4.85. The van der Waals surface area contributed by atoms with Crippen molar-refractivity contribution in [3.8, 4) is 11.1 Å². The van der Waals surface area contributed by atoms with E-state index in [2.05, 4.69) is 32.7 Å². The van der Waals surface area contributed by atoms with E-state index in [1.807, 2.05) is 61.1 Å². The highest BCUT2D eigenvalue weighted by Gasteiger charge is 2.38. The summed E-state index contributed by atoms with van der Waals surface area (Å²) in [6.45, 7) is 2.08. The molecule has 0 aliphatic heterocycles. The molecule has 11 nitrogen and oxygen atoms in total. The summed E-state index contributed by atoms with van der Waals surface area (Å²) >= 11 is 0. The summed E-state index contributed by atoms with van der Waals surface area (Å²) in [5, 5.41) is 20.4. The lowest BCUT2D eigenvalue weighted by atomic mass is 10.2. The van der Waals surface area contributed by atoms with E-state index in [0.29, 0.717) is 24.7 Å². The third kappa shape index (κ3) is 13.1. The molecule has 3 aromatic rings. The molecule has 0 unspecified atom stereocenters. The molecule has 2 aromatic heterocycles. The van der Waals surface area contributed by atoms with Crippen LogP contribution in [0.5, 0.6) is 0 Å². The van der Waals surface area contributed by atoms with Crippen molar-refractivity contribution >= 4 is 23.8 Å². The molecule has 1 amide bonds. The molecule has 17 heteroatoms. The monoisotopic (exact) mass is 606 g/mol. The van der Waals surface area contributed by atoms with E-state index in [-0.39, 0.29) is 5.91 Å². The third-order valence-electron chi connectivity index (χ3n) is 4.85. The van der Waals surface area contributed by atoms with Gasteiger partial charge in [0.15, 0.2) is 0 Å². The number of nitrogens with zero attached hydrogens (tertiary/aromatic N) is 4. The second-order valence-electron chi connectivity index (χ2n) is 8.52. The van der Waals surface area contributed by atoms with E-state index in [0.717, 1.165) is 17.7 Å². The van der Waals surface area contributed by atoms with E-state index in [1.54, 1.807) is 12.4 Å². The van der Waals surface area contributed by atoms with E-state index in [4.69, 9.17) is 19.8 Å². The Labute approximate surface area is 235 Å². The molecule has 0 atom stereocenters.